The molecule has 0 amide bonds. The molecule has 0 heterocycles. The fourth-order valence-electron chi connectivity index (χ4n) is 2.55. The smallest absolute Gasteiger partial charge is 0.306 e. The van der Waals surface area contributed by atoms with Crippen LogP contribution in [-0.2, 0) is 4.79 Å². The van der Waals surface area contributed by atoms with E-state index in [1.807, 2.05) is 0 Å². The lowest BCUT2D eigenvalue weighted by atomic mass is 9.89. The standard InChI is InChI=1S/C8H12O2/c9-8(10)7-4-5-1-2-6(7)3-5/h5-7H,1-4H2,(H,9,10)/t5?,6-,7?/m1/s1. The van der Waals surface area contributed by atoms with Crippen LogP contribution in [0.2, 0.25) is 0 Å². The fraction of sp³-hybridized carbons (Fsp3) is 0.875. The number of carboxylic acid groups (broad SMARTS) is 1. The van der Waals surface area contributed by atoms with Crippen LogP contribution in [0.25, 0.3) is 0 Å². The van der Waals surface area contributed by atoms with Crippen LogP contribution < -0.4 is 0 Å². The number of carboxylic acids is 1. The summed E-state index contributed by atoms with van der Waals surface area (Å²) in [6.45, 7) is 0. The van der Waals surface area contributed by atoms with Crippen LogP contribution in [0.4, 0.5) is 0 Å². The summed E-state index contributed by atoms with van der Waals surface area (Å²) >= 11 is 0. The van der Waals surface area contributed by atoms with Crippen LogP contribution in [0.5, 0.6) is 0 Å². The number of hydrogen-bond acceptors (Lipinski definition) is 1. The second-order valence-corrected chi connectivity index (χ2v) is 3.62. The SMILES string of the molecule is O=C(O)C1CC2CC[C@@H]1C2. The van der Waals surface area contributed by atoms with Crippen molar-refractivity contribution in [3.8, 4) is 0 Å². The van der Waals surface area contributed by atoms with Gasteiger partial charge in [0.15, 0.2) is 0 Å². The lowest BCUT2D eigenvalue weighted by molar-refractivity contribution is -0.143. The minimum Gasteiger partial charge on any atom is -0.481 e. The van der Waals surface area contributed by atoms with Gasteiger partial charge in [0.05, 0.1) is 5.92 Å². The summed E-state index contributed by atoms with van der Waals surface area (Å²) in [5.41, 5.74) is 0. The van der Waals surface area contributed by atoms with E-state index in [0.29, 0.717) is 5.92 Å². The van der Waals surface area contributed by atoms with Crippen LogP contribution in [0.3, 0.4) is 0 Å². The Balaban J connectivity index is 2.08. The van der Waals surface area contributed by atoms with Crippen LogP contribution in [0.15, 0.2) is 0 Å². The molecule has 0 aliphatic heterocycles. The molecule has 2 fully saturated rings. The van der Waals surface area contributed by atoms with Gasteiger partial charge in [0.1, 0.15) is 0 Å². The average Bonchev–Trinajstić information content (AvgIpc) is 2.44. The van der Waals surface area contributed by atoms with Gasteiger partial charge in [-0.05, 0) is 31.1 Å². The Labute approximate surface area is 60.2 Å². The molecule has 0 spiro atoms. The van der Waals surface area contributed by atoms with Gasteiger partial charge in [-0.3, -0.25) is 4.79 Å². The molecule has 10 heavy (non-hydrogen) atoms. The van der Waals surface area contributed by atoms with Crippen LogP contribution in [0, 0.1) is 17.8 Å². The first-order chi connectivity index (χ1) is 4.77. The predicted octanol–water partition coefficient (Wildman–Crippen LogP) is 1.51. The van der Waals surface area contributed by atoms with Crippen molar-refractivity contribution < 1.29 is 9.90 Å². The zero-order chi connectivity index (χ0) is 7.14. The molecule has 0 aromatic heterocycles. The summed E-state index contributed by atoms with van der Waals surface area (Å²) in [5, 5.41) is 8.74. The van der Waals surface area contributed by atoms with E-state index in [0.717, 1.165) is 12.3 Å². The topological polar surface area (TPSA) is 37.3 Å². The van der Waals surface area contributed by atoms with Gasteiger partial charge < -0.3 is 5.11 Å². The summed E-state index contributed by atoms with van der Waals surface area (Å²) in [6, 6.07) is 0. The van der Waals surface area contributed by atoms with Gasteiger partial charge in [0, 0.05) is 0 Å². The first-order valence-electron chi connectivity index (χ1n) is 4.00. The molecule has 56 valence electrons. The minimum atomic E-state index is -0.563. The molecular weight excluding hydrogens is 128 g/mol. The third kappa shape index (κ3) is 0.746. The molecule has 3 atom stereocenters. The summed E-state index contributed by atoms with van der Waals surface area (Å²) in [6.07, 6.45) is 4.60. The molecular formula is C8H12O2. The maximum absolute atomic E-state index is 10.6. The first kappa shape index (κ1) is 6.20. The fourth-order valence-corrected chi connectivity index (χ4v) is 2.55. The van der Waals surface area contributed by atoms with Crippen molar-refractivity contribution in [1.29, 1.82) is 0 Å². The highest BCUT2D eigenvalue weighted by atomic mass is 16.4. The van der Waals surface area contributed by atoms with E-state index in [-0.39, 0.29) is 5.92 Å². The number of fused-ring (bicyclic) bond motifs is 2. The summed E-state index contributed by atoms with van der Waals surface area (Å²) < 4.78 is 0. The molecule has 2 unspecified atom stereocenters. The molecule has 2 aliphatic carbocycles. The van der Waals surface area contributed by atoms with Gasteiger partial charge in [-0.25, -0.2) is 0 Å². The van der Waals surface area contributed by atoms with E-state index in [4.69, 9.17) is 5.11 Å². The third-order valence-electron chi connectivity index (χ3n) is 3.06. The van der Waals surface area contributed by atoms with Crippen molar-refractivity contribution in [2.75, 3.05) is 0 Å². The van der Waals surface area contributed by atoms with Gasteiger partial charge in [0.2, 0.25) is 0 Å². The van der Waals surface area contributed by atoms with E-state index in [9.17, 15) is 4.79 Å². The number of rotatable bonds is 1. The van der Waals surface area contributed by atoms with Crippen molar-refractivity contribution in [1.82, 2.24) is 0 Å². The van der Waals surface area contributed by atoms with Gasteiger partial charge in [-0.2, -0.15) is 0 Å². The molecule has 2 aliphatic rings. The molecule has 2 rings (SSSR count). The molecule has 0 aromatic carbocycles. The minimum absolute atomic E-state index is 0.0127. The summed E-state index contributed by atoms with van der Waals surface area (Å²) in [4.78, 5) is 10.6. The van der Waals surface area contributed by atoms with Gasteiger partial charge >= 0.3 is 5.97 Å². The molecule has 2 saturated carbocycles. The lowest BCUT2D eigenvalue weighted by Crippen LogP contribution is -2.19. The molecule has 2 bridgehead atoms. The van der Waals surface area contributed by atoms with Gasteiger partial charge in [-0.15, -0.1) is 0 Å². The highest BCUT2D eigenvalue weighted by molar-refractivity contribution is 5.71. The zero-order valence-electron chi connectivity index (χ0n) is 5.92. The van der Waals surface area contributed by atoms with Crippen LogP contribution in [0.1, 0.15) is 25.7 Å². The first-order valence-corrected chi connectivity index (χ1v) is 4.00. The zero-order valence-corrected chi connectivity index (χ0v) is 5.92. The largest absolute Gasteiger partial charge is 0.481 e. The number of hydrogen-bond donors (Lipinski definition) is 1. The Morgan fingerprint density at radius 1 is 1.30 bits per heavy atom. The van der Waals surface area contributed by atoms with E-state index in [1.54, 1.807) is 0 Å². The molecule has 0 aromatic rings. The van der Waals surface area contributed by atoms with Crippen molar-refractivity contribution in [3.05, 3.63) is 0 Å². The van der Waals surface area contributed by atoms with Crippen LogP contribution in [-0.4, -0.2) is 11.1 Å². The average molecular weight is 140 g/mol. The highest BCUT2D eigenvalue weighted by Gasteiger charge is 2.42. The Bertz CT molecular complexity index is 165. The van der Waals surface area contributed by atoms with Crippen LogP contribution >= 0.6 is 0 Å². The normalized spacial score (nSPS) is 44.2. The molecule has 1 N–H and O–H groups in total. The number of carbonyl (C=O) groups is 1. The Morgan fingerprint density at radius 3 is 2.40 bits per heavy atom. The van der Waals surface area contributed by atoms with Crippen molar-refractivity contribution in [3.63, 3.8) is 0 Å². The molecule has 0 radical (unpaired) electrons. The Kier molecular flexibility index (Phi) is 1.22. The second kappa shape index (κ2) is 1.97. The van der Waals surface area contributed by atoms with E-state index in [2.05, 4.69) is 0 Å². The predicted molar refractivity (Wildman–Crippen MR) is 36.6 cm³/mol. The maximum Gasteiger partial charge on any atom is 0.306 e. The van der Waals surface area contributed by atoms with Crippen molar-refractivity contribution in [2.24, 2.45) is 17.8 Å². The Morgan fingerprint density at radius 2 is 2.10 bits per heavy atom. The lowest BCUT2D eigenvalue weighted by Gasteiger charge is -2.16. The van der Waals surface area contributed by atoms with Gasteiger partial charge in [-0.1, -0.05) is 6.42 Å². The van der Waals surface area contributed by atoms with E-state index in [1.165, 1.54) is 19.3 Å². The quantitative estimate of drug-likeness (QED) is 0.599. The van der Waals surface area contributed by atoms with Crippen molar-refractivity contribution in [2.45, 2.75) is 25.7 Å². The monoisotopic (exact) mass is 140 g/mol. The molecule has 0 saturated heterocycles. The maximum atomic E-state index is 10.6. The molecule has 2 nitrogen and oxygen atoms in total. The van der Waals surface area contributed by atoms with Crippen molar-refractivity contribution >= 4 is 5.97 Å². The highest BCUT2D eigenvalue weighted by Crippen LogP contribution is 2.48. The molecule has 2 heteroatoms. The van der Waals surface area contributed by atoms with E-state index < -0.39 is 5.97 Å². The summed E-state index contributed by atoms with van der Waals surface area (Å²) in [5.74, 6) is 0.736. The number of aliphatic carboxylic acids is 1. The third-order valence-corrected chi connectivity index (χ3v) is 3.06. The second-order valence-electron chi connectivity index (χ2n) is 3.62. The van der Waals surface area contributed by atoms with E-state index >= 15 is 0 Å². The summed E-state index contributed by atoms with van der Waals surface area (Å²) in [7, 11) is 0. The Hall–Kier alpha value is -0.530. The van der Waals surface area contributed by atoms with Gasteiger partial charge in [0.25, 0.3) is 0 Å².